The van der Waals surface area contributed by atoms with Gasteiger partial charge in [0.15, 0.2) is 6.54 Å². The van der Waals surface area contributed by atoms with Crippen molar-refractivity contribution in [3.8, 4) is 0 Å². The second-order valence-corrected chi connectivity index (χ2v) is 8.93. The molecule has 0 fully saturated rings. The van der Waals surface area contributed by atoms with Crippen LogP contribution in [0.15, 0.2) is 12.7 Å². The SMILES string of the molecule is C=CC(=O)NCC[N+](C)(C)CC(=O)OCCC(F)(F)C(F)(F)C(F)(F)C(F)(F)C(F)(F)C(F)(F)C(F)(F)C(F)(F)F. The van der Waals surface area contributed by atoms with E-state index < -0.39 is 83.6 Å². The second kappa shape index (κ2) is 11.6. The van der Waals surface area contributed by atoms with Crippen LogP contribution in [0.4, 0.5) is 74.6 Å². The van der Waals surface area contributed by atoms with Crippen LogP contribution in [-0.2, 0) is 14.3 Å². The highest BCUT2D eigenvalue weighted by Gasteiger charge is 2.95. The first-order valence-electron chi connectivity index (χ1n) is 10.4. The fraction of sp³-hybridized carbons (Fsp3) is 0.789. The van der Waals surface area contributed by atoms with Gasteiger partial charge in [-0.15, -0.1) is 0 Å². The quantitative estimate of drug-likeness (QED) is 0.114. The number of alkyl halides is 17. The molecule has 0 saturated heterocycles. The van der Waals surface area contributed by atoms with E-state index in [9.17, 15) is 84.2 Å². The molecule has 0 radical (unpaired) electrons. The molecule has 242 valence electrons. The van der Waals surface area contributed by atoms with E-state index in [1.54, 1.807) is 0 Å². The smallest absolute Gasteiger partial charge is 0.460 e. The lowest BCUT2D eigenvalue weighted by Crippen LogP contribution is -2.74. The van der Waals surface area contributed by atoms with Crippen LogP contribution in [0.5, 0.6) is 0 Å². The number of nitrogens with one attached hydrogen (secondary N) is 1. The number of amides is 1. The molecule has 0 aromatic carbocycles. The lowest BCUT2D eigenvalue weighted by Gasteiger charge is -2.42. The molecule has 22 heteroatoms. The Hall–Kier alpha value is -2.55. The Kier molecular flexibility index (Phi) is 10.9. The normalized spacial score (nSPS) is 15.0. The molecule has 0 atom stereocenters. The number of hydrogen-bond acceptors (Lipinski definition) is 3. The third kappa shape index (κ3) is 7.09. The van der Waals surface area contributed by atoms with E-state index in [1.165, 1.54) is 14.1 Å². The van der Waals surface area contributed by atoms with Gasteiger partial charge in [-0.2, -0.15) is 74.6 Å². The van der Waals surface area contributed by atoms with E-state index in [1.807, 2.05) is 0 Å². The van der Waals surface area contributed by atoms with E-state index in [4.69, 9.17) is 0 Å². The molecule has 1 N–H and O–H groups in total. The highest BCUT2D eigenvalue weighted by Crippen LogP contribution is 2.64. The molecule has 0 heterocycles. The van der Waals surface area contributed by atoms with Crippen molar-refractivity contribution in [3.63, 3.8) is 0 Å². The summed E-state index contributed by atoms with van der Waals surface area (Å²) in [5.41, 5.74) is 0. The highest BCUT2D eigenvalue weighted by molar-refractivity contribution is 5.86. The number of halogens is 17. The van der Waals surface area contributed by atoms with Crippen molar-refractivity contribution >= 4 is 11.9 Å². The Balaban J connectivity index is 5.83. The fourth-order valence-corrected chi connectivity index (χ4v) is 2.67. The molecule has 0 saturated carbocycles. The lowest BCUT2D eigenvalue weighted by molar-refractivity contribution is -0.881. The van der Waals surface area contributed by atoms with Gasteiger partial charge in [0.25, 0.3) is 0 Å². The Bertz CT molecular complexity index is 961. The van der Waals surface area contributed by atoms with Crippen LogP contribution in [0, 0.1) is 0 Å². The number of likely N-dealkylation sites (N-methyl/N-ethyl adjacent to an activating group) is 1. The third-order valence-corrected chi connectivity index (χ3v) is 5.23. The molecule has 1 amide bonds. The first kappa shape index (κ1) is 38.5. The molecule has 0 aliphatic carbocycles. The Morgan fingerprint density at radius 2 is 1.10 bits per heavy atom. The molecule has 0 bridgehead atoms. The molecular weight excluding hydrogens is 627 g/mol. The summed E-state index contributed by atoms with van der Waals surface area (Å²) < 4.78 is 229. The minimum atomic E-state index is -8.71. The summed E-state index contributed by atoms with van der Waals surface area (Å²) in [4.78, 5) is 22.8. The summed E-state index contributed by atoms with van der Waals surface area (Å²) in [5, 5.41) is 2.27. The van der Waals surface area contributed by atoms with Gasteiger partial charge in [0, 0.05) is 0 Å². The average Bonchev–Trinajstić information content (AvgIpc) is 2.76. The number of quaternary nitrogens is 1. The van der Waals surface area contributed by atoms with Crippen molar-refractivity contribution in [1.29, 1.82) is 0 Å². The van der Waals surface area contributed by atoms with Gasteiger partial charge in [-0.05, 0) is 6.08 Å². The summed E-state index contributed by atoms with van der Waals surface area (Å²) in [6, 6.07) is 0. The van der Waals surface area contributed by atoms with Crippen molar-refractivity contribution in [2.75, 3.05) is 40.3 Å². The van der Waals surface area contributed by atoms with Crippen LogP contribution in [0.2, 0.25) is 0 Å². The molecule has 0 aliphatic rings. The first-order valence-corrected chi connectivity index (χ1v) is 10.4. The van der Waals surface area contributed by atoms with Crippen LogP contribution >= 0.6 is 0 Å². The maximum Gasteiger partial charge on any atom is 0.460 e. The average molecular weight is 647 g/mol. The zero-order valence-electron chi connectivity index (χ0n) is 20.4. The molecule has 0 aromatic rings. The predicted octanol–water partition coefficient (Wildman–Crippen LogP) is 5.31. The minimum Gasteiger partial charge on any atom is -0.461 e. The number of carbonyl (C=O) groups excluding carboxylic acids is 2. The summed E-state index contributed by atoms with van der Waals surface area (Å²) in [6.45, 7) is 0.140. The van der Waals surface area contributed by atoms with E-state index in [0.29, 0.717) is 0 Å². The zero-order valence-corrected chi connectivity index (χ0v) is 20.4. The standard InChI is InChI=1S/C19H19F17N2O3/c1-4-10(39)37-6-7-38(2,3)9-11(40)41-8-5-12(20,21)13(22,23)14(24,25)15(26,27)16(28,29)17(30,31)18(32,33)19(34,35)36/h4H,1,5-9H2,2-3H3/p+1. The van der Waals surface area contributed by atoms with E-state index in [2.05, 4.69) is 16.6 Å². The summed E-state index contributed by atoms with van der Waals surface area (Å²) >= 11 is 0. The number of nitrogens with zero attached hydrogens (tertiary/aromatic N) is 1. The molecule has 0 rings (SSSR count). The molecule has 0 aromatic heterocycles. The molecular formula is C19H20F17N2O3+. The first-order chi connectivity index (χ1) is 17.8. The molecule has 0 unspecified atom stereocenters. The summed E-state index contributed by atoms with van der Waals surface area (Å²) in [6.07, 6.45) is -9.83. The van der Waals surface area contributed by atoms with Gasteiger partial charge in [0.05, 0.1) is 40.2 Å². The number of ether oxygens (including phenoxy) is 1. The van der Waals surface area contributed by atoms with Crippen molar-refractivity contribution in [1.82, 2.24) is 5.32 Å². The number of carbonyl (C=O) groups is 2. The van der Waals surface area contributed by atoms with E-state index >= 15 is 0 Å². The van der Waals surface area contributed by atoms with Gasteiger partial charge < -0.3 is 14.5 Å². The van der Waals surface area contributed by atoms with Gasteiger partial charge in [-0.25, -0.2) is 4.79 Å². The van der Waals surface area contributed by atoms with Crippen LogP contribution in [-0.4, -0.2) is 104 Å². The van der Waals surface area contributed by atoms with Crippen molar-refractivity contribution < 1.29 is 93.4 Å². The lowest BCUT2D eigenvalue weighted by atomic mass is 9.88. The van der Waals surface area contributed by atoms with Crippen LogP contribution < -0.4 is 5.32 Å². The number of esters is 1. The monoisotopic (exact) mass is 647 g/mol. The topological polar surface area (TPSA) is 55.4 Å². The Labute approximate surface area is 218 Å². The van der Waals surface area contributed by atoms with Gasteiger partial charge in [0.1, 0.15) is 0 Å². The second-order valence-electron chi connectivity index (χ2n) is 8.93. The van der Waals surface area contributed by atoms with Crippen molar-refractivity contribution in [2.24, 2.45) is 0 Å². The van der Waals surface area contributed by atoms with E-state index in [-0.39, 0.29) is 13.1 Å². The molecule has 0 aliphatic heterocycles. The number of rotatable bonds is 15. The Morgan fingerprint density at radius 1 is 0.707 bits per heavy atom. The zero-order chi connectivity index (χ0) is 33.3. The predicted molar refractivity (Wildman–Crippen MR) is 101 cm³/mol. The minimum absolute atomic E-state index is 0.0730. The largest absolute Gasteiger partial charge is 0.461 e. The maximum atomic E-state index is 13.8. The number of hydrogen-bond donors (Lipinski definition) is 1. The van der Waals surface area contributed by atoms with Gasteiger partial charge >= 0.3 is 53.6 Å². The van der Waals surface area contributed by atoms with Gasteiger partial charge in [0.2, 0.25) is 5.91 Å². The van der Waals surface area contributed by atoms with E-state index in [0.717, 1.165) is 6.08 Å². The fourth-order valence-electron chi connectivity index (χ4n) is 2.67. The van der Waals surface area contributed by atoms with Crippen molar-refractivity contribution in [3.05, 3.63) is 12.7 Å². The Morgan fingerprint density at radius 3 is 1.49 bits per heavy atom. The third-order valence-electron chi connectivity index (χ3n) is 5.23. The van der Waals surface area contributed by atoms with Crippen LogP contribution in [0.25, 0.3) is 0 Å². The molecule has 41 heavy (non-hydrogen) atoms. The van der Waals surface area contributed by atoms with Crippen LogP contribution in [0.1, 0.15) is 6.42 Å². The van der Waals surface area contributed by atoms with Crippen LogP contribution in [0.3, 0.4) is 0 Å². The van der Waals surface area contributed by atoms with Gasteiger partial charge in [-0.3, -0.25) is 4.79 Å². The van der Waals surface area contributed by atoms with Gasteiger partial charge in [-0.1, -0.05) is 6.58 Å². The summed E-state index contributed by atoms with van der Waals surface area (Å²) in [7, 11) is 2.54. The highest BCUT2D eigenvalue weighted by atomic mass is 19.4. The van der Waals surface area contributed by atoms with Crippen molar-refractivity contribution in [2.45, 2.75) is 54.1 Å². The molecule has 0 spiro atoms. The maximum absolute atomic E-state index is 13.8. The summed E-state index contributed by atoms with van der Waals surface area (Å²) in [5.74, 6) is -59.2. The molecule has 5 nitrogen and oxygen atoms in total.